The Balaban J connectivity index is 1.59. The fourth-order valence-corrected chi connectivity index (χ4v) is 3.08. The summed E-state index contributed by atoms with van der Waals surface area (Å²) in [6.07, 6.45) is 6.62. The molecule has 3 heterocycles. The highest BCUT2D eigenvalue weighted by Crippen LogP contribution is 2.25. The van der Waals surface area contributed by atoms with E-state index in [2.05, 4.69) is 22.0 Å². The van der Waals surface area contributed by atoms with Crippen molar-refractivity contribution >= 4 is 0 Å². The van der Waals surface area contributed by atoms with Gasteiger partial charge in [0.15, 0.2) is 12.1 Å². The lowest BCUT2D eigenvalue weighted by Gasteiger charge is -2.36. The van der Waals surface area contributed by atoms with E-state index in [9.17, 15) is 0 Å². The predicted octanol–water partition coefficient (Wildman–Crippen LogP) is 2.14. The molecule has 2 fully saturated rings. The summed E-state index contributed by atoms with van der Waals surface area (Å²) in [5, 5.41) is 4.07. The molecule has 0 saturated carbocycles. The van der Waals surface area contributed by atoms with E-state index in [4.69, 9.17) is 14.0 Å². The van der Waals surface area contributed by atoms with Gasteiger partial charge >= 0.3 is 0 Å². The van der Waals surface area contributed by atoms with Gasteiger partial charge in [-0.15, -0.1) is 0 Å². The molecule has 0 amide bonds. The van der Waals surface area contributed by atoms with E-state index in [-0.39, 0.29) is 6.29 Å². The zero-order chi connectivity index (χ0) is 14.5. The minimum Gasteiger partial charge on any atom is -0.349 e. The quantitative estimate of drug-likeness (QED) is 0.801. The van der Waals surface area contributed by atoms with Crippen LogP contribution in [0.1, 0.15) is 50.7 Å². The van der Waals surface area contributed by atoms with E-state index in [1.54, 1.807) is 0 Å². The van der Waals surface area contributed by atoms with Gasteiger partial charge in [-0.2, -0.15) is 4.98 Å². The first-order chi connectivity index (χ1) is 10.4. The normalized spacial score (nSPS) is 24.7. The van der Waals surface area contributed by atoms with Crippen molar-refractivity contribution in [3.05, 3.63) is 11.7 Å². The summed E-state index contributed by atoms with van der Waals surface area (Å²) < 4.78 is 16.8. The van der Waals surface area contributed by atoms with Gasteiger partial charge in [0.25, 0.3) is 0 Å². The van der Waals surface area contributed by atoms with E-state index in [1.807, 2.05) is 0 Å². The molecule has 2 aliphatic rings. The molecule has 0 spiro atoms. The average molecular weight is 295 g/mol. The summed E-state index contributed by atoms with van der Waals surface area (Å²) >= 11 is 0. The molecular formula is C15H25N3O3. The number of ether oxygens (including phenoxy) is 2. The fourth-order valence-electron chi connectivity index (χ4n) is 3.08. The van der Waals surface area contributed by atoms with Crippen LogP contribution in [0.15, 0.2) is 4.52 Å². The molecule has 1 aromatic heterocycles. The number of piperidine rings is 1. The predicted molar refractivity (Wildman–Crippen MR) is 76.7 cm³/mol. The lowest BCUT2D eigenvalue weighted by Crippen LogP contribution is -2.46. The van der Waals surface area contributed by atoms with E-state index in [0.717, 1.165) is 38.1 Å². The molecule has 2 saturated heterocycles. The van der Waals surface area contributed by atoms with Gasteiger partial charge in [0, 0.05) is 6.42 Å². The minimum atomic E-state index is -0.0900. The van der Waals surface area contributed by atoms with Gasteiger partial charge in [-0.05, 0) is 25.8 Å². The Kier molecular flexibility index (Phi) is 5.22. The molecule has 1 aromatic rings. The Labute approximate surface area is 125 Å². The molecule has 0 aromatic carbocycles. The zero-order valence-electron chi connectivity index (χ0n) is 12.8. The van der Waals surface area contributed by atoms with Crippen LogP contribution in [0.4, 0.5) is 0 Å². The van der Waals surface area contributed by atoms with Gasteiger partial charge in [-0.3, -0.25) is 4.90 Å². The second-order valence-electron chi connectivity index (χ2n) is 5.85. The number of hydrogen-bond donors (Lipinski definition) is 0. The molecule has 2 aliphatic heterocycles. The minimum absolute atomic E-state index is 0.0900. The topological polar surface area (TPSA) is 60.6 Å². The Morgan fingerprint density at radius 3 is 2.90 bits per heavy atom. The highest BCUT2D eigenvalue weighted by Gasteiger charge is 2.34. The van der Waals surface area contributed by atoms with Crippen molar-refractivity contribution in [1.82, 2.24) is 15.0 Å². The van der Waals surface area contributed by atoms with E-state index < -0.39 is 0 Å². The summed E-state index contributed by atoms with van der Waals surface area (Å²) in [5.74, 6) is 1.54. The van der Waals surface area contributed by atoms with Crippen LogP contribution in [0.25, 0.3) is 0 Å². The average Bonchev–Trinajstić information content (AvgIpc) is 3.17. The van der Waals surface area contributed by atoms with Crippen LogP contribution in [0.2, 0.25) is 0 Å². The molecule has 1 atom stereocenters. The number of likely N-dealkylation sites (tertiary alicyclic amines) is 1. The maximum absolute atomic E-state index is 5.69. The number of nitrogens with zero attached hydrogens (tertiary/aromatic N) is 3. The van der Waals surface area contributed by atoms with Crippen LogP contribution in [0, 0.1) is 0 Å². The summed E-state index contributed by atoms with van der Waals surface area (Å²) in [4.78, 5) is 6.87. The van der Waals surface area contributed by atoms with Gasteiger partial charge in [0.2, 0.25) is 5.89 Å². The second-order valence-corrected chi connectivity index (χ2v) is 5.85. The Morgan fingerprint density at radius 2 is 2.10 bits per heavy atom. The first-order valence-electron chi connectivity index (χ1n) is 8.15. The fraction of sp³-hybridized carbons (Fsp3) is 0.867. The number of unbranched alkanes of at least 4 members (excludes halogenated alkanes) is 1. The third-order valence-electron chi connectivity index (χ3n) is 4.23. The third-order valence-corrected chi connectivity index (χ3v) is 4.23. The number of rotatable bonds is 6. The van der Waals surface area contributed by atoms with Crippen molar-refractivity contribution in [2.24, 2.45) is 0 Å². The molecule has 0 aliphatic carbocycles. The summed E-state index contributed by atoms with van der Waals surface area (Å²) in [6.45, 7) is 5.32. The van der Waals surface area contributed by atoms with Crippen molar-refractivity contribution < 1.29 is 14.0 Å². The Morgan fingerprint density at radius 1 is 1.24 bits per heavy atom. The number of aromatic nitrogens is 2. The SMILES string of the molecule is CCCCc1noc(CN2CCCCC2C2OCCO2)n1. The first kappa shape index (κ1) is 14.9. The van der Waals surface area contributed by atoms with E-state index in [1.165, 1.54) is 12.8 Å². The Bertz CT molecular complexity index is 432. The molecule has 3 rings (SSSR count). The van der Waals surface area contributed by atoms with Gasteiger partial charge in [-0.25, -0.2) is 0 Å². The van der Waals surface area contributed by atoms with Crippen LogP contribution in [0.3, 0.4) is 0 Å². The van der Waals surface area contributed by atoms with E-state index >= 15 is 0 Å². The third kappa shape index (κ3) is 3.81. The van der Waals surface area contributed by atoms with Crippen molar-refractivity contribution in [3.8, 4) is 0 Å². The van der Waals surface area contributed by atoms with Gasteiger partial charge in [0.05, 0.1) is 25.8 Å². The van der Waals surface area contributed by atoms with Crippen LogP contribution >= 0.6 is 0 Å². The van der Waals surface area contributed by atoms with E-state index in [0.29, 0.717) is 31.7 Å². The van der Waals surface area contributed by atoms with Gasteiger partial charge in [-0.1, -0.05) is 24.9 Å². The van der Waals surface area contributed by atoms with Crippen LogP contribution in [-0.2, 0) is 22.4 Å². The summed E-state index contributed by atoms with van der Waals surface area (Å²) in [5.41, 5.74) is 0. The highest BCUT2D eigenvalue weighted by molar-refractivity contribution is 4.89. The molecule has 21 heavy (non-hydrogen) atoms. The van der Waals surface area contributed by atoms with Crippen molar-refractivity contribution in [2.75, 3.05) is 19.8 Å². The first-order valence-corrected chi connectivity index (χ1v) is 8.15. The standard InChI is InChI=1S/C15H25N3O3/c1-2-3-7-13-16-14(21-17-13)11-18-8-5-4-6-12(18)15-19-9-10-20-15/h12,15H,2-11H2,1H3. The van der Waals surface area contributed by atoms with Crippen LogP contribution in [-0.4, -0.2) is 47.1 Å². The second kappa shape index (κ2) is 7.33. The molecule has 6 heteroatoms. The maximum atomic E-state index is 5.69. The zero-order valence-corrected chi connectivity index (χ0v) is 12.8. The molecule has 0 bridgehead atoms. The molecule has 0 radical (unpaired) electrons. The molecule has 6 nitrogen and oxygen atoms in total. The lowest BCUT2D eigenvalue weighted by molar-refractivity contribution is -0.112. The van der Waals surface area contributed by atoms with Gasteiger partial charge in [0.1, 0.15) is 0 Å². The Hall–Kier alpha value is -0.980. The van der Waals surface area contributed by atoms with Gasteiger partial charge < -0.3 is 14.0 Å². The van der Waals surface area contributed by atoms with Crippen molar-refractivity contribution in [1.29, 1.82) is 0 Å². The number of hydrogen-bond acceptors (Lipinski definition) is 6. The molecule has 1 unspecified atom stereocenters. The highest BCUT2D eigenvalue weighted by atomic mass is 16.7. The molecule has 0 N–H and O–H groups in total. The summed E-state index contributed by atoms with van der Waals surface area (Å²) in [6, 6.07) is 0.312. The van der Waals surface area contributed by atoms with Crippen molar-refractivity contribution in [3.63, 3.8) is 0 Å². The van der Waals surface area contributed by atoms with Crippen molar-refractivity contribution in [2.45, 2.75) is 64.3 Å². The monoisotopic (exact) mass is 295 g/mol. The molecule has 118 valence electrons. The maximum Gasteiger partial charge on any atom is 0.240 e. The van der Waals surface area contributed by atoms with Crippen LogP contribution in [0.5, 0.6) is 0 Å². The smallest absolute Gasteiger partial charge is 0.240 e. The lowest BCUT2D eigenvalue weighted by atomic mass is 10.0. The van der Waals surface area contributed by atoms with Crippen LogP contribution < -0.4 is 0 Å². The summed E-state index contributed by atoms with van der Waals surface area (Å²) in [7, 11) is 0. The molecular weight excluding hydrogens is 270 g/mol. The largest absolute Gasteiger partial charge is 0.349 e. The number of aryl methyl sites for hydroxylation is 1.